The van der Waals surface area contributed by atoms with E-state index in [0.29, 0.717) is 24.2 Å². The van der Waals surface area contributed by atoms with Crippen LogP contribution in [-0.4, -0.2) is 55.9 Å². The van der Waals surface area contributed by atoms with Gasteiger partial charge in [-0.05, 0) is 104 Å². The van der Waals surface area contributed by atoms with E-state index in [0.717, 1.165) is 38.5 Å². The molecular formula is C30H50O6. The van der Waals surface area contributed by atoms with Crippen molar-refractivity contribution in [3.8, 4) is 0 Å². The molecule has 12 atom stereocenters. The molecule has 5 aliphatic rings. The fourth-order valence-electron chi connectivity index (χ4n) is 11.3. The summed E-state index contributed by atoms with van der Waals surface area (Å²) in [5.74, 6) is -0.248. The second-order valence-corrected chi connectivity index (χ2v) is 14.7. The van der Waals surface area contributed by atoms with Gasteiger partial charge in [-0.3, -0.25) is 4.79 Å². The summed E-state index contributed by atoms with van der Waals surface area (Å²) in [6.45, 7) is 11.1. The average Bonchev–Trinajstić information content (AvgIpc) is 3.42. The third-order valence-electron chi connectivity index (χ3n) is 13.7. The minimum absolute atomic E-state index is 0.0182. The summed E-state index contributed by atoms with van der Waals surface area (Å²) >= 11 is 0. The molecule has 0 aromatic rings. The van der Waals surface area contributed by atoms with Crippen LogP contribution in [0, 0.1) is 57.2 Å². The molecule has 0 unspecified atom stereocenters. The number of carboxylic acids is 1. The van der Waals surface area contributed by atoms with Gasteiger partial charge >= 0.3 is 5.97 Å². The van der Waals surface area contributed by atoms with Gasteiger partial charge in [-0.15, -0.1) is 0 Å². The molecule has 0 aromatic carbocycles. The highest BCUT2D eigenvalue weighted by molar-refractivity contribution is 5.72. The van der Waals surface area contributed by atoms with Crippen LogP contribution in [0.15, 0.2) is 0 Å². The lowest BCUT2D eigenvalue weighted by Gasteiger charge is -2.62. The van der Waals surface area contributed by atoms with Crippen molar-refractivity contribution in [2.45, 2.75) is 117 Å². The van der Waals surface area contributed by atoms with Crippen molar-refractivity contribution in [3.05, 3.63) is 0 Å². The maximum atomic E-state index is 12.2. The van der Waals surface area contributed by atoms with E-state index in [1.54, 1.807) is 0 Å². The van der Waals surface area contributed by atoms with Crippen LogP contribution in [-0.2, 0) is 4.79 Å². The van der Waals surface area contributed by atoms with Gasteiger partial charge in [0.15, 0.2) is 0 Å². The van der Waals surface area contributed by atoms with Crippen LogP contribution in [0.2, 0.25) is 0 Å². The van der Waals surface area contributed by atoms with Crippen molar-refractivity contribution in [3.63, 3.8) is 0 Å². The summed E-state index contributed by atoms with van der Waals surface area (Å²) in [4.78, 5) is 12.2. The van der Waals surface area contributed by atoms with E-state index in [2.05, 4.69) is 20.8 Å². The molecule has 0 saturated heterocycles. The lowest BCUT2D eigenvalue weighted by atomic mass is 9.42. The number of aliphatic hydroxyl groups is 4. The molecule has 36 heavy (non-hydrogen) atoms. The van der Waals surface area contributed by atoms with Crippen LogP contribution in [0.3, 0.4) is 0 Å². The average molecular weight is 507 g/mol. The summed E-state index contributed by atoms with van der Waals surface area (Å²) < 4.78 is 0. The number of hydrogen-bond donors (Lipinski definition) is 5. The molecule has 6 nitrogen and oxygen atoms in total. The van der Waals surface area contributed by atoms with Gasteiger partial charge in [0.25, 0.3) is 0 Å². The van der Waals surface area contributed by atoms with Crippen LogP contribution in [0.25, 0.3) is 0 Å². The zero-order valence-corrected chi connectivity index (χ0v) is 23.0. The Balaban J connectivity index is 1.39. The van der Waals surface area contributed by atoms with Crippen LogP contribution < -0.4 is 0 Å². The van der Waals surface area contributed by atoms with Crippen LogP contribution >= 0.6 is 0 Å². The fourth-order valence-corrected chi connectivity index (χ4v) is 11.3. The zero-order chi connectivity index (χ0) is 26.5. The van der Waals surface area contributed by atoms with Crippen LogP contribution in [0.4, 0.5) is 0 Å². The highest BCUT2D eigenvalue weighted by Gasteiger charge is 2.84. The van der Waals surface area contributed by atoms with Gasteiger partial charge in [0.05, 0.1) is 30.3 Å². The molecule has 5 saturated carbocycles. The van der Waals surface area contributed by atoms with Crippen LogP contribution in [0.5, 0.6) is 0 Å². The molecule has 0 aromatic heterocycles. The van der Waals surface area contributed by atoms with E-state index in [-0.39, 0.29) is 46.5 Å². The van der Waals surface area contributed by atoms with Crippen molar-refractivity contribution in [2.75, 3.05) is 6.61 Å². The topological polar surface area (TPSA) is 118 Å². The summed E-state index contributed by atoms with van der Waals surface area (Å²) in [6, 6.07) is 0. The molecule has 0 radical (unpaired) electrons. The maximum Gasteiger partial charge on any atom is 0.309 e. The first kappa shape index (κ1) is 26.9. The molecule has 0 heterocycles. The Bertz CT molecular complexity index is 891. The largest absolute Gasteiger partial charge is 0.481 e. The predicted octanol–water partition coefficient (Wildman–Crippen LogP) is 4.23. The third kappa shape index (κ3) is 3.20. The lowest BCUT2D eigenvalue weighted by Crippen LogP contribution is -2.60. The van der Waals surface area contributed by atoms with E-state index >= 15 is 0 Å². The standard InChI is InChI=1S/C30H50O6/c1-17(2)29(36,16-31)11-8-18(3)19-9-10-27(5)22-7-6-20-24(25(34)35)21(32)14-23(33)30(20)15-28(22,30)13-12-26(19,27)4/h17-24,31-33,36H,6-16H2,1-5H3,(H,34,35)/t18-,19-,20+,21+,22+,23+,24+,26-,27+,28+,29+,30-/m1/s1. The van der Waals surface area contributed by atoms with Gasteiger partial charge in [0.1, 0.15) is 0 Å². The molecule has 5 rings (SSSR count). The number of carbonyl (C=O) groups is 1. The van der Waals surface area contributed by atoms with Crippen molar-refractivity contribution in [1.29, 1.82) is 0 Å². The zero-order valence-electron chi connectivity index (χ0n) is 23.0. The molecule has 5 N–H and O–H groups in total. The molecule has 5 fully saturated rings. The van der Waals surface area contributed by atoms with Gasteiger partial charge in [-0.25, -0.2) is 0 Å². The van der Waals surface area contributed by atoms with E-state index < -0.39 is 29.7 Å². The Hall–Kier alpha value is -0.690. The normalized spacial score (nSPS) is 51.9. The second-order valence-electron chi connectivity index (χ2n) is 14.7. The van der Waals surface area contributed by atoms with Gasteiger partial charge < -0.3 is 25.5 Å². The van der Waals surface area contributed by atoms with Crippen LogP contribution in [0.1, 0.15) is 98.8 Å². The summed E-state index contributed by atoms with van der Waals surface area (Å²) in [7, 11) is 0. The number of fused-ring (bicyclic) bond motifs is 2. The second kappa shape index (κ2) is 8.40. The smallest absolute Gasteiger partial charge is 0.309 e. The number of rotatable bonds is 7. The van der Waals surface area contributed by atoms with Crippen molar-refractivity contribution in [2.24, 2.45) is 57.2 Å². The molecule has 0 bridgehead atoms. The Labute approximate surface area is 216 Å². The fraction of sp³-hybridized carbons (Fsp3) is 0.967. The van der Waals surface area contributed by atoms with Gasteiger partial charge in [-0.2, -0.15) is 0 Å². The molecule has 0 amide bonds. The summed E-state index contributed by atoms with van der Waals surface area (Å²) in [6.07, 6.45) is 7.38. The molecule has 6 heteroatoms. The minimum Gasteiger partial charge on any atom is -0.481 e. The Morgan fingerprint density at radius 2 is 1.72 bits per heavy atom. The molecular weight excluding hydrogens is 456 g/mol. The first-order chi connectivity index (χ1) is 16.7. The molecule has 206 valence electrons. The quantitative estimate of drug-likeness (QED) is 0.353. The summed E-state index contributed by atoms with van der Waals surface area (Å²) in [5.41, 5.74) is -1.00. The number of aliphatic carboxylic acids is 1. The maximum absolute atomic E-state index is 12.2. The number of hydrogen-bond acceptors (Lipinski definition) is 5. The highest BCUT2D eigenvalue weighted by Crippen LogP contribution is 2.88. The monoisotopic (exact) mass is 506 g/mol. The Kier molecular flexibility index (Phi) is 6.28. The summed E-state index contributed by atoms with van der Waals surface area (Å²) in [5, 5.41) is 52.7. The Morgan fingerprint density at radius 1 is 1.03 bits per heavy atom. The highest BCUT2D eigenvalue weighted by atomic mass is 16.4. The number of aliphatic hydroxyl groups excluding tert-OH is 3. The van der Waals surface area contributed by atoms with Gasteiger partial charge in [0.2, 0.25) is 0 Å². The first-order valence-electron chi connectivity index (χ1n) is 14.7. The Morgan fingerprint density at radius 3 is 2.33 bits per heavy atom. The predicted molar refractivity (Wildman–Crippen MR) is 137 cm³/mol. The molecule has 5 aliphatic carbocycles. The SMILES string of the molecule is CC(C)[C@@](O)(CO)CC[C@@H](C)[C@H]1CC[C@@]2(C)[C@@H]3CC[C@H]4[C@H](C(=O)O)[C@@H](O)C[C@H](O)[C@@]45C[C@@]35CC[C@]12C. The van der Waals surface area contributed by atoms with Crippen molar-refractivity contribution < 1.29 is 30.3 Å². The number of carboxylic acid groups (broad SMARTS) is 1. The minimum atomic E-state index is -1.02. The van der Waals surface area contributed by atoms with Gasteiger partial charge in [0, 0.05) is 11.8 Å². The first-order valence-corrected chi connectivity index (χ1v) is 14.7. The van der Waals surface area contributed by atoms with E-state index in [1.165, 1.54) is 12.8 Å². The van der Waals surface area contributed by atoms with Crippen molar-refractivity contribution >= 4 is 5.97 Å². The van der Waals surface area contributed by atoms with E-state index in [4.69, 9.17) is 0 Å². The van der Waals surface area contributed by atoms with Crippen molar-refractivity contribution in [1.82, 2.24) is 0 Å². The molecule has 2 spiro atoms. The van der Waals surface area contributed by atoms with E-state index in [9.17, 15) is 30.3 Å². The third-order valence-corrected chi connectivity index (χ3v) is 13.7. The lowest BCUT2D eigenvalue weighted by molar-refractivity contribution is -0.187. The van der Waals surface area contributed by atoms with E-state index in [1.807, 2.05) is 13.8 Å². The van der Waals surface area contributed by atoms with Gasteiger partial charge in [-0.1, -0.05) is 34.6 Å². The molecule has 0 aliphatic heterocycles.